The third-order valence-corrected chi connectivity index (χ3v) is 4.42. The van der Waals surface area contributed by atoms with Crippen molar-refractivity contribution in [2.24, 2.45) is 5.41 Å². The number of carboxylic acid groups (broad SMARTS) is 1. The fourth-order valence-electron chi connectivity index (χ4n) is 3.03. The molecule has 2 atom stereocenters. The molecule has 0 aliphatic heterocycles. The number of allylic oxidation sites excluding steroid dienone is 3. The van der Waals surface area contributed by atoms with Crippen LogP contribution in [0.2, 0.25) is 0 Å². The van der Waals surface area contributed by atoms with E-state index in [1.54, 1.807) is 18.2 Å². The van der Waals surface area contributed by atoms with Gasteiger partial charge in [0.15, 0.2) is 5.41 Å². The number of carbonyl (C=O) groups excluding carboxylic acids is 1. The van der Waals surface area contributed by atoms with Gasteiger partial charge in [0.1, 0.15) is 6.10 Å². The van der Waals surface area contributed by atoms with E-state index >= 15 is 0 Å². The van der Waals surface area contributed by atoms with Crippen LogP contribution in [0.1, 0.15) is 45.1 Å². The van der Waals surface area contributed by atoms with Crippen LogP contribution in [0.5, 0.6) is 0 Å². The number of carbonyl (C=O) groups is 2. The summed E-state index contributed by atoms with van der Waals surface area (Å²) in [4.78, 5) is 25.1. The number of hydrogen-bond donors (Lipinski definition) is 1. The second kappa shape index (κ2) is 7.95. The Labute approximate surface area is 142 Å². The molecule has 2 rings (SSSR count). The Morgan fingerprint density at radius 1 is 1.25 bits per heavy atom. The van der Waals surface area contributed by atoms with E-state index < -0.39 is 17.4 Å². The quantitative estimate of drug-likeness (QED) is 0.601. The van der Waals surface area contributed by atoms with Crippen LogP contribution in [-0.4, -0.2) is 23.1 Å². The van der Waals surface area contributed by atoms with Crippen molar-refractivity contribution in [3.05, 3.63) is 54.1 Å². The molecule has 4 nitrogen and oxygen atoms in total. The van der Waals surface area contributed by atoms with Crippen molar-refractivity contribution in [1.29, 1.82) is 0 Å². The molecule has 0 aromatic heterocycles. The predicted octanol–water partition coefficient (Wildman–Crippen LogP) is 4.22. The topological polar surface area (TPSA) is 63.6 Å². The zero-order valence-corrected chi connectivity index (χ0v) is 14.2. The maximum absolute atomic E-state index is 12.9. The third-order valence-electron chi connectivity index (χ3n) is 4.42. The minimum absolute atomic E-state index is 0.102. The van der Waals surface area contributed by atoms with Crippen LogP contribution in [0.25, 0.3) is 5.57 Å². The number of hydrogen-bond acceptors (Lipinski definition) is 3. The molecule has 0 bridgehead atoms. The summed E-state index contributed by atoms with van der Waals surface area (Å²) in [5.41, 5.74) is -0.476. The number of carboxylic acids is 1. The maximum Gasteiger partial charge on any atom is 0.328 e. The molecule has 1 aromatic rings. The summed E-state index contributed by atoms with van der Waals surface area (Å²) in [7, 11) is 0. The molecule has 2 unspecified atom stereocenters. The molecular weight excluding hydrogens is 304 g/mol. The first-order valence-corrected chi connectivity index (χ1v) is 8.43. The molecule has 0 radical (unpaired) electrons. The van der Waals surface area contributed by atoms with Gasteiger partial charge in [0.25, 0.3) is 0 Å². The van der Waals surface area contributed by atoms with Gasteiger partial charge >= 0.3 is 11.9 Å². The van der Waals surface area contributed by atoms with E-state index in [1.807, 2.05) is 44.2 Å². The van der Waals surface area contributed by atoms with Crippen LogP contribution in [-0.2, 0) is 14.3 Å². The number of esters is 1. The molecule has 1 aromatic carbocycles. The molecule has 24 heavy (non-hydrogen) atoms. The van der Waals surface area contributed by atoms with Crippen molar-refractivity contribution in [1.82, 2.24) is 0 Å². The van der Waals surface area contributed by atoms with Gasteiger partial charge in [-0.05, 0) is 30.4 Å². The van der Waals surface area contributed by atoms with E-state index in [0.717, 1.165) is 18.4 Å². The molecular formula is C20H24O4. The van der Waals surface area contributed by atoms with Crippen LogP contribution < -0.4 is 0 Å². The Balaban J connectivity index is 2.42. The number of rotatable bonds is 7. The molecule has 0 saturated heterocycles. The largest absolute Gasteiger partial charge is 0.480 e. The monoisotopic (exact) mass is 328 g/mol. The Hall–Kier alpha value is -2.36. The first-order chi connectivity index (χ1) is 11.6. The van der Waals surface area contributed by atoms with Gasteiger partial charge in [-0.2, -0.15) is 0 Å². The first kappa shape index (κ1) is 18.0. The highest BCUT2D eigenvalue weighted by Crippen LogP contribution is 2.43. The average Bonchev–Trinajstić information content (AvgIpc) is 2.61. The lowest BCUT2D eigenvalue weighted by molar-refractivity contribution is -0.168. The van der Waals surface area contributed by atoms with E-state index in [-0.39, 0.29) is 12.5 Å². The van der Waals surface area contributed by atoms with E-state index in [0.29, 0.717) is 12.0 Å². The summed E-state index contributed by atoms with van der Waals surface area (Å²) in [6.07, 6.45) is 7.35. The summed E-state index contributed by atoms with van der Waals surface area (Å²) in [6.45, 7) is 3.96. The summed E-state index contributed by atoms with van der Waals surface area (Å²) in [5.74, 6) is -1.84. The fourth-order valence-corrected chi connectivity index (χ4v) is 3.03. The lowest BCUT2D eigenvalue weighted by atomic mass is 9.72. The van der Waals surface area contributed by atoms with Crippen molar-refractivity contribution in [2.45, 2.75) is 45.6 Å². The van der Waals surface area contributed by atoms with Crippen molar-refractivity contribution < 1.29 is 19.4 Å². The summed E-state index contributed by atoms with van der Waals surface area (Å²) in [5, 5.41) is 9.93. The molecule has 128 valence electrons. The lowest BCUT2D eigenvalue weighted by Crippen LogP contribution is -2.43. The smallest absolute Gasteiger partial charge is 0.328 e. The van der Waals surface area contributed by atoms with Gasteiger partial charge in [-0.15, -0.1) is 0 Å². The zero-order valence-electron chi connectivity index (χ0n) is 14.2. The standard InChI is InChI=1S/C20H24O4/c1-3-10-16(4-2)24-19(23)20(18(21)22)14-9-8-13-17(20)15-11-6-5-7-12-15/h5-9,11-13,16H,3-4,10,14H2,1-2H3,(H,21,22). The molecule has 0 amide bonds. The Kier molecular flexibility index (Phi) is 5.96. The van der Waals surface area contributed by atoms with Crippen LogP contribution in [0, 0.1) is 5.41 Å². The van der Waals surface area contributed by atoms with Crippen LogP contribution in [0.15, 0.2) is 48.6 Å². The predicted molar refractivity (Wildman–Crippen MR) is 93.3 cm³/mol. The summed E-state index contributed by atoms with van der Waals surface area (Å²) in [6, 6.07) is 9.16. The highest BCUT2D eigenvalue weighted by Gasteiger charge is 2.51. The summed E-state index contributed by atoms with van der Waals surface area (Å²) < 4.78 is 5.60. The van der Waals surface area contributed by atoms with Gasteiger partial charge in [-0.1, -0.05) is 68.8 Å². The van der Waals surface area contributed by atoms with E-state index in [9.17, 15) is 14.7 Å². The zero-order chi connectivity index (χ0) is 17.6. The Morgan fingerprint density at radius 3 is 2.54 bits per heavy atom. The van der Waals surface area contributed by atoms with Gasteiger partial charge in [0, 0.05) is 0 Å². The fraction of sp³-hybridized carbons (Fsp3) is 0.400. The lowest BCUT2D eigenvalue weighted by Gasteiger charge is -2.32. The van der Waals surface area contributed by atoms with Gasteiger partial charge in [0.2, 0.25) is 0 Å². The van der Waals surface area contributed by atoms with Crippen LogP contribution in [0.4, 0.5) is 0 Å². The maximum atomic E-state index is 12.9. The van der Waals surface area contributed by atoms with E-state index in [2.05, 4.69) is 0 Å². The highest BCUT2D eigenvalue weighted by atomic mass is 16.5. The Morgan fingerprint density at radius 2 is 1.96 bits per heavy atom. The first-order valence-electron chi connectivity index (χ1n) is 8.43. The van der Waals surface area contributed by atoms with Crippen molar-refractivity contribution in [2.75, 3.05) is 0 Å². The van der Waals surface area contributed by atoms with Crippen LogP contribution >= 0.6 is 0 Å². The molecule has 1 aliphatic rings. The molecule has 4 heteroatoms. The van der Waals surface area contributed by atoms with Gasteiger partial charge in [0.05, 0.1) is 0 Å². The molecule has 0 saturated carbocycles. The number of ether oxygens (including phenoxy) is 1. The van der Waals surface area contributed by atoms with Gasteiger partial charge in [-0.25, -0.2) is 0 Å². The molecule has 0 fully saturated rings. The Bertz CT molecular complexity index is 645. The minimum atomic E-state index is -1.68. The van der Waals surface area contributed by atoms with Gasteiger partial charge in [-0.3, -0.25) is 9.59 Å². The number of benzene rings is 1. The second-order valence-electron chi connectivity index (χ2n) is 6.01. The summed E-state index contributed by atoms with van der Waals surface area (Å²) >= 11 is 0. The van der Waals surface area contributed by atoms with Gasteiger partial charge < -0.3 is 9.84 Å². The SMILES string of the molecule is CCCC(CC)OC(=O)C1(C(=O)O)CC=CC=C1c1ccccc1. The van der Waals surface area contributed by atoms with Crippen molar-refractivity contribution in [3.63, 3.8) is 0 Å². The molecule has 1 N–H and O–H groups in total. The highest BCUT2D eigenvalue weighted by molar-refractivity contribution is 6.12. The van der Waals surface area contributed by atoms with E-state index in [1.165, 1.54) is 0 Å². The molecule has 0 heterocycles. The van der Waals surface area contributed by atoms with Crippen LogP contribution in [0.3, 0.4) is 0 Å². The van der Waals surface area contributed by atoms with Crippen molar-refractivity contribution in [3.8, 4) is 0 Å². The van der Waals surface area contributed by atoms with E-state index in [4.69, 9.17) is 4.74 Å². The third kappa shape index (κ3) is 3.42. The van der Waals surface area contributed by atoms with Crippen molar-refractivity contribution >= 4 is 17.5 Å². The minimum Gasteiger partial charge on any atom is -0.480 e. The second-order valence-corrected chi connectivity index (χ2v) is 6.01. The molecule has 0 spiro atoms. The normalized spacial score (nSPS) is 21.0. The average molecular weight is 328 g/mol. The molecule has 1 aliphatic carbocycles. The number of aliphatic carboxylic acids is 1.